The molecule has 154 valence electrons. The van der Waals surface area contributed by atoms with Crippen LogP contribution in [0.4, 0.5) is 0 Å². The van der Waals surface area contributed by atoms with Crippen molar-refractivity contribution in [2.75, 3.05) is 0 Å². The normalized spacial score (nSPS) is 20.2. The molecule has 2 unspecified atom stereocenters. The molecular formula is C23H24N4O2S. The van der Waals surface area contributed by atoms with Crippen molar-refractivity contribution in [1.82, 2.24) is 15.5 Å². The van der Waals surface area contributed by atoms with E-state index >= 15 is 0 Å². The summed E-state index contributed by atoms with van der Waals surface area (Å²) in [6.07, 6.45) is 6.33. The standard InChI is InChI=1S/C23H24N4O2S/c1-13(2)29-21-10-7-15(11-16(21)12-24)22-26-27-23(30-22)19-6-4-5-18-17(19)8-9-20(18)25-14(3)28/h4-7,10,13,15,20H,8-9,11H2,1-3H3,(H,25,28). The monoisotopic (exact) mass is 420 g/mol. The Kier molecular flexibility index (Phi) is 5.69. The molecule has 0 fully saturated rings. The molecule has 4 rings (SSSR count). The predicted molar refractivity (Wildman–Crippen MR) is 116 cm³/mol. The third kappa shape index (κ3) is 4.01. The molecule has 1 heterocycles. The van der Waals surface area contributed by atoms with Gasteiger partial charge in [0.25, 0.3) is 0 Å². The Balaban J connectivity index is 1.58. The zero-order chi connectivity index (χ0) is 21.3. The molecule has 30 heavy (non-hydrogen) atoms. The molecule has 1 N–H and O–H groups in total. The first kappa shape index (κ1) is 20.3. The van der Waals surface area contributed by atoms with E-state index in [0.29, 0.717) is 17.8 Å². The lowest BCUT2D eigenvalue weighted by atomic mass is 9.94. The summed E-state index contributed by atoms with van der Waals surface area (Å²) in [7, 11) is 0. The van der Waals surface area contributed by atoms with Crippen LogP contribution in [0.1, 0.15) is 61.7 Å². The molecule has 0 saturated carbocycles. The Morgan fingerprint density at radius 2 is 2.20 bits per heavy atom. The quantitative estimate of drug-likeness (QED) is 0.765. The number of fused-ring (bicyclic) bond motifs is 1. The van der Waals surface area contributed by atoms with Gasteiger partial charge in [-0.3, -0.25) is 4.79 Å². The van der Waals surface area contributed by atoms with Gasteiger partial charge in [0.15, 0.2) is 0 Å². The molecular weight excluding hydrogens is 396 g/mol. The number of rotatable bonds is 5. The number of nitriles is 1. The highest BCUT2D eigenvalue weighted by molar-refractivity contribution is 7.14. The summed E-state index contributed by atoms with van der Waals surface area (Å²) < 4.78 is 5.75. The van der Waals surface area contributed by atoms with Crippen molar-refractivity contribution >= 4 is 17.2 Å². The minimum absolute atomic E-state index is 0.0114. The van der Waals surface area contributed by atoms with E-state index < -0.39 is 0 Å². The maximum absolute atomic E-state index is 11.5. The Hall–Kier alpha value is -2.98. The summed E-state index contributed by atoms with van der Waals surface area (Å²) in [6.45, 7) is 5.46. The topological polar surface area (TPSA) is 87.9 Å². The fourth-order valence-electron chi connectivity index (χ4n) is 4.07. The first-order valence-electron chi connectivity index (χ1n) is 10.2. The number of hydrogen-bond acceptors (Lipinski definition) is 6. The molecule has 1 amide bonds. The van der Waals surface area contributed by atoms with Gasteiger partial charge in [0.05, 0.1) is 23.8 Å². The van der Waals surface area contributed by atoms with Crippen LogP contribution in [0.5, 0.6) is 0 Å². The Morgan fingerprint density at radius 3 is 2.93 bits per heavy atom. The summed E-state index contributed by atoms with van der Waals surface area (Å²) in [5, 5.41) is 23.2. The van der Waals surface area contributed by atoms with Gasteiger partial charge in [-0.15, -0.1) is 10.2 Å². The Morgan fingerprint density at radius 1 is 1.37 bits per heavy atom. The summed E-state index contributed by atoms with van der Waals surface area (Å²) in [6, 6.07) is 8.51. The summed E-state index contributed by atoms with van der Waals surface area (Å²) in [4.78, 5) is 11.5. The van der Waals surface area contributed by atoms with Crippen LogP contribution in [-0.2, 0) is 16.0 Å². The molecule has 0 spiro atoms. The van der Waals surface area contributed by atoms with E-state index in [1.54, 1.807) is 18.3 Å². The van der Waals surface area contributed by atoms with Crippen LogP contribution >= 0.6 is 11.3 Å². The van der Waals surface area contributed by atoms with Gasteiger partial charge in [-0.05, 0) is 50.3 Å². The number of carbonyl (C=O) groups is 1. The van der Waals surface area contributed by atoms with Crippen molar-refractivity contribution in [3.8, 4) is 16.6 Å². The van der Waals surface area contributed by atoms with Crippen molar-refractivity contribution in [3.63, 3.8) is 0 Å². The maximum atomic E-state index is 11.5. The number of nitrogens with zero attached hydrogens (tertiary/aromatic N) is 3. The molecule has 2 aliphatic carbocycles. The average Bonchev–Trinajstić information content (AvgIpc) is 3.35. The fourth-order valence-corrected chi connectivity index (χ4v) is 5.05. The van der Waals surface area contributed by atoms with E-state index in [9.17, 15) is 10.1 Å². The Labute approximate surface area is 180 Å². The van der Waals surface area contributed by atoms with Gasteiger partial charge in [-0.1, -0.05) is 35.6 Å². The van der Waals surface area contributed by atoms with Crippen LogP contribution in [-0.4, -0.2) is 22.2 Å². The minimum Gasteiger partial charge on any atom is -0.490 e. The number of hydrogen-bond donors (Lipinski definition) is 1. The molecule has 1 aromatic heterocycles. The van der Waals surface area contributed by atoms with Gasteiger partial charge in [0.1, 0.15) is 15.8 Å². The zero-order valence-electron chi connectivity index (χ0n) is 17.3. The average molecular weight is 421 g/mol. The van der Waals surface area contributed by atoms with Crippen LogP contribution in [0.2, 0.25) is 0 Å². The van der Waals surface area contributed by atoms with Gasteiger partial charge in [-0.2, -0.15) is 5.26 Å². The van der Waals surface area contributed by atoms with E-state index in [2.05, 4.69) is 33.7 Å². The first-order valence-corrected chi connectivity index (χ1v) is 11.0. The van der Waals surface area contributed by atoms with Gasteiger partial charge >= 0.3 is 0 Å². The lowest BCUT2D eigenvalue weighted by molar-refractivity contribution is -0.119. The second-order valence-corrected chi connectivity index (χ2v) is 8.91. The van der Waals surface area contributed by atoms with Gasteiger partial charge in [-0.25, -0.2) is 0 Å². The van der Waals surface area contributed by atoms with Crippen molar-refractivity contribution in [3.05, 3.63) is 57.8 Å². The minimum atomic E-state index is -0.0114. The van der Waals surface area contributed by atoms with E-state index in [0.717, 1.165) is 28.4 Å². The number of aromatic nitrogens is 2. The van der Waals surface area contributed by atoms with Gasteiger partial charge < -0.3 is 10.1 Å². The number of amides is 1. The molecule has 0 bridgehead atoms. The van der Waals surface area contributed by atoms with E-state index in [1.165, 1.54) is 11.1 Å². The highest BCUT2D eigenvalue weighted by Crippen LogP contribution is 2.40. The number of benzene rings is 1. The molecule has 7 heteroatoms. The third-order valence-corrected chi connectivity index (χ3v) is 6.42. The maximum Gasteiger partial charge on any atom is 0.217 e. The number of ether oxygens (including phenoxy) is 1. The first-order chi connectivity index (χ1) is 14.5. The van der Waals surface area contributed by atoms with Gasteiger partial charge in [0.2, 0.25) is 5.91 Å². The highest BCUT2D eigenvalue weighted by atomic mass is 32.1. The zero-order valence-corrected chi connectivity index (χ0v) is 18.1. The number of allylic oxidation sites excluding steroid dienone is 3. The second kappa shape index (κ2) is 8.41. The molecule has 0 aliphatic heterocycles. The van der Waals surface area contributed by atoms with Crippen LogP contribution in [0.25, 0.3) is 10.6 Å². The summed E-state index contributed by atoms with van der Waals surface area (Å²) in [5.74, 6) is 0.662. The summed E-state index contributed by atoms with van der Waals surface area (Å²) >= 11 is 1.57. The molecule has 2 atom stereocenters. The van der Waals surface area contributed by atoms with Crippen LogP contribution in [0.3, 0.4) is 0 Å². The molecule has 2 aliphatic rings. The molecule has 0 saturated heterocycles. The SMILES string of the molecule is CC(=O)NC1CCc2c(-c3nnc(C4C=CC(OC(C)C)=C(C#N)C4)s3)cccc21. The predicted octanol–water partition coefficient (Wildman–Crippen LogP) is 4.57. The lowest BCUT2D eigenvalue weighted by Crippen LogP contribution is -2.24. The lowest BCUT2D eigenvalue weighted by Gasteiger charge is -2.19. The Bertz CT molecular complexity index is 1080. The largest absolute Gasteiger partial charge is 0.490 e. The molecule has 1 aromatic carbocycles. The van der Waals surface area contributed by atoms with Crippen molar-refractivity contribution in [2.45, 2.75) is 58.1 Å². The fraction of sp³-hybridized carbons (Fsp3) is 0.391. The molecule has 6 nitrogen and oxygen atoms in total. The van der Waals surface area contributed by atoms with Crippen molar-refractivity contribution in [2.24, 2.45) is 0 Å². The van der Waals surface area contributed by atoms with Crippen LogP contribution in [0, 0.1) is 11.3 Å². The second-order valence-electron chi connectivity index (χ2n) is 7.90. The van der Waals surface area contributed by atoms with E-state index in [1.807, 2.05) is 32.1 Å². The smallest absolute Gasteiger partial charge is 0.217 e. The van der Waals surface area contributed by atoms with Crippen LogP contribution in [0.15, 0.2) is 41.7 Å². The van der Waals surface area contributed by atoms with Crippen LogP contribution < -0.4 is 5.32 Å². The molecule has 0 radical (unpaired) electrons. The highest BCUT2D eigenvalue weighted by Gasteiger charge is 2.28. The van der Waals surface area contributed by atoms with E-state index in [-0.39, 0.29) is 24.0 Å². The number of nitrogens with one attached hydrogen (secondary N) is 1. The number of carbonyl (C=O) groups excluding carboxylic acids is 1. The van der Waals surface area contributed by atoms with Gasteiger partial charge in [0, 0.05) is 18.4 Å². The van der Waals surface area contributed by atoms with Crippen molar-refractivity contribution in [1.29, 1.82) is 5.26 Å². The van der Waals surface area contributed by atoms with E-state index in [4.69, 9.17) is 4.74 Å². The molecule has 2 aromatic rings. The summed E-state index contributed by atoms with van der Waals surface area (Å²) in [5.41, 5.74) is 4.14. The third-order valence-electron chi connectivity index (χ3n) is 5.34. The van der Waals surface area contributed by atoms with Crippen molar-refractivity contribution < 1.29 is 9.53 Å².